The van der Waals surface area contributed by atoms with E-state index in [4.69, 9.17) is 18.9 Å². The number of carbonyl (C=O) groups excluding carboxylic acids is 4. The zero-order valence-corrected chi connectivity index (χ0v) is 57.8. The molecule has 8 heteroatoms. The first-order valence-electron chi connectivity index (χ1n) is 38.2. The maximum atomic E-state index is 12.5. The van der Waals surface area contributed by atoms with Crippen molar-refractivity contribution in [2.75, 3.05) is 26.4 Å². The summed E-state index contributed by atoms with van der Waals surface area (Å²) in [5.41, 5.74) is 0.598. The lowest BCUT2D eigenvalue weighted by Gasteiger charge is -2.10. The second-order valence-corrected chi connectivity index (χ2v) is 25.9. The molecule has 0 bridgehead atoms. The van der Waals surface area contributed by atoms with Crippen LogP contribution in [0.5, 0.6) is 0 Å². The number of carbonyl (C=O) groups is 4. The minimum Gasteiger partial charge on any atom is -0.466 e. The molecule has 0 atom stereocenters. The van der Waals surface area contributed by atoms with E-state index in [0.717, 1.165) is 77.0 Å². The van der Waals surface area contributed by atoms with E-state index < -0.39 is 11.9 Å². The van der Waals surface area contributed by atoms with Crippen molar-refractivity contribution < 1.29 is 38.1 Å². The number of unbranched alkanes of at least 4 members (excludes halogenated alkanes) is 53. The molecular formula is C78H144O8. The van der Waals surface area contributed by atoms with Gasteiger partial charge in [0.05, 0.1) is 37.6 Å². The molecule has 86 heavy (non-hydrogen) atoms. The Hall–Kier alpha value is -2.90. The number of esters is 4. The molecule has 1 aromatic rings. The summed E-state index contributed by atoms with van der Waals surface area (Å²) in [6.45, 7) is 11.0. The average Bonchev–Trinajstić information content (AvgIpc) is 2.97. The number of hydrogen-bond donors (Lipinski definition) is 0. The van der Waals surface area contributed by atoms with Gasteiger partial charge in [-0.2, -0.15) is 0 Å². The largest absolute Gasteiger partial charge is 0.466 e. The first-order valence-corrected chi connectivity index (χ1v) is 38.2. The molecule has 0 aliphatic carbocycles. The van der Waals surface area contributed by atoms with Crippen LogP contribution >= 0.6 is 0 Å². The molecule has 0 amide bonds. The summed E-state index contributed by atoms with van der Waals surface area (Å²) in [4.78, 5) is 49.0. The molecule has 1 rings (SSSR count). The minimum absolute atomic E-state index is 0.0282. The van der Waals surface area contributed by atoms with Gasteiger partial charge in [0, 0.05) is 12.8 Å². The van der Waals surface area contributed by atoms with Crippen LogP contribution in [-0.2, 0) is 28.5 Å². The fraction of sp³-hybridized carbons (Fsp3) is 0.872. The van der Waals surface area contributed by atoms with Gasteiger partial charge >= 0.3 is 23.9 Å². The smallest absolute Gasteiger partial charge is 0.339 e. The monoisotopic (exact) mass is 1210 g/mol. The molecule has 504 valence electrons. The third-order valence-electron chi connectivity index (χ3n) is 17.4. The molecule has 0 radical (unpaired) electrons. The van der Waals surface area contributed by atoms with E-state index in [9.17, 15) is 19.2 Å². The molecule has 8 nitrogen and oxygen atoms in total. The highest BCUT2D eigenvalue weighted by Crippen LogP contribution is 2.19. The third kappa shape index (κ3) is 62.7. The lowest BCUT2D eigenvalue weighted by atomic mass is 10.0. The van der Waals surface area contributed by atoms with E-state index in [1.807, 2.05) is 0 Å². The van der Waals surface area contributed by atoms with Crippen molar-refractivity contribution >= 4 is 23.9 Å². The summed E-state index contributed by atoms with van der Waals surface area (Å²) in [5.74, 6) is -0.931. The Kier molecular flexibility index (Phi) is 68.8. The summed E-state index contributed by atoms with van der Waals surface area (Å²) in [6, 6.07) is 6.79. The summed E-state index contributed by atoms with van der Waals surface area (Å²) in [5, 5.41) is 0. The van der Waals surface area contributed by atoms with Crippen LogP contribution in [0, 0.1) is 0 Å². The summed E-state index contributed by atoms with van der Waals surface area (Å²) in [6.07, 6.45) is 75.8. The van der Waals surface area contributed by atoms with E-state index in [1.165, 1.54) is 295 Å². The van der Waals surface area contributed by atoms with Crippen LogP contribution in [0.1, 0.15) is 434 Å². The van der Waals surface area contributed by atoms with Crippen molar-refractivity contribution in [1.29, 1.82) is 0 Å². The molecule has 0 spiro atoms. The molecule has 0 fully saturated rings. The van der Waals surface area contributed by atoms with Gasteiger partial charge in [0.25, 0.3) is 0 Å². The van der Waals surface area contributed by atoms with Crippen LogP contribution in [0.3, 0.4) is 0 Å². The second-order valence-electron chi connectivity index (χ2n) is 25.9. The Labute approximate surface area is 534 Å². The topological polar surface area (TPSA) is 105 Å². The third-order valence-corrected chi connectivity index (χ3v) is 17.4. The highest BCUT2D eigenvalue weighted by Gasteiger charge is 2.19. The van der Waals surface area contributed by atoms with Crippen LogP contribution in [-0.4, -0.2) is 50.3 Å². The lowest BCUT2D eigenvalue weighted by Crippen LogP contribution is -2.15. The quantitative estimate of drug-likeness (QED) is 0.0361. The van der Waals surface area contributed by atoms with Gasteiger partial charge in [0.2, 0.25) is 0 Å². The Bertz CT molecular complexity index is 1450. The lowest BCUT2D eigenvalue weighted by molar-refractivity contribution is -0.144. The second kappa shape index (κ2) is 71.2. The van der Waals surface area contributed by atoms with Crippen molar-refractivity contribution in [2.24, 2.45) is 0 Å². The van der Waals surface area contributed by atoms with Gasteiger partial charge in [-0.25, -0.2) is 9.59 Å². The fourth-order valence-electron chi connectivity index (χ4n) is 11.6. The van der Waals surface area contributed by atoms with Gasteiger partial charge < -0.3 is 18.9 Å². The fourth-order valence-corrected chi connectivity index (χ4v) is 11.6. The van der Waals surface area contributed by atoms with E-state index in [1.54, 1.807) is 24.3 Å². The van der Waals surface area contributed by atoms with Gasteiger partial charge in [-0.15, -0.1) is 0 Å². The van der Waals surface area contributed by atoms with Crippen LogP contribution in [0.2, 0.25) is 0 Å². The van der Waals surface area contributed by atoms with Crippen LogP contribution in [0.15, 0.2) is 24.3 Å². The van der Waals surface area contributed by atoms with Crippen LogP contribution in [0.25, 0.3) is 0 Å². The molecular weight excluding hydrogens is 1060 g/mol. The van der Waals surface area contributed by atoms with E-state index in [2.05, 4.69) is 27.7 Å². The van der Waals surface area contributed by atoms with Crippen molar-refractivity contribution in [2.45, 2.75) is 413 Å². The number of rotatable bonds is 67. The number of benzene rings is 1. The highest BCUT2D eigenvalue weighted by atomic mass is 16.5. The SMILES string of the molecule is CCCCCCCCCCCCCCCCCCCCOC(=O)CCCCCCCCC(=O)OCCCCCCCCCCCCCCCCCCCC.CCCCCCCCCCOC(=O)c1ccccc1C(=O)OCCCCCCCCCC. The van der Waals surface area contributed by atoms with Crippen LogP contribution < -0.4 is 0 Å². The number of ether oxygens (including phenoxy) is 4. The predicted octanol–water partition coefficient (Wildman–Crippen LogP) is 25.6. The molecule has 1 aromatic carbocycles. The van der Waals surface area contributed by atoms with E-state index in [-0.39, 0.29) is 11.9 Å². The zero-order valence-electron chi connectivity index (χ0n) is 57.8. The maximum absolute atomic E-state index is 12.5. The Morgan fingerprint density at radius 2 is 0.384 bits per heavy atom. The normalized spacial score (nSPS) is 11.2. The zero-order chi connectivity index (χ0) is 62.4. The highest BCUT2D eigenvalue weighted by molar-refractivity contribution is 6.03. The van der Waals surface area contributed by atoms with Gasteiger partial charge in [-0.1, -0.05) is 374 Å². The molecule has 0 saturated heterocycles. The van der Waals surface area contributed by atoms with Crippen LogP contribution in [0.4, 0.5) is 0 Å². The molecule has 0 aliphatic rings. The first-order chi connectivity index (χ1) is 42.4. The van der Waals surface area contributed by atoms with Gasteiger partial charge in [0.15, 0.2) is 0 Å². The molecule has 0 heterocycles. The molecule has 0 N–H and O–H groups in total. The summed E-state index contributed by atoms with van der Waals surface area (Å²) >= 11 is 0. The minimum atomic E-state index is -0.437. The van der Waals surface area contributed by atoms with E-state index >= 15 is 0 Å². The Balaban J connectivity index is 0.00000191. The average molecular weight is 1210 g/mol. The van der Waals surface area contributed by atoms with Gasteiger partial charge in [-0.3, -0.25) is 9.59 Å². The number of hydrogen-bond acceptors (Lipinski definition) is 8. The van der Waals surface area contributed by atoms with Crippen molar-refractivity contribution in [3.63, 3.8) is 0 Å². The Morgan fingerprint density at radius 1 is 0.221 bits per heavy atom. The van der Waals surface area contributed by atoms with E-state index in [0.29, 0.717) is 50.4 Å². The predicted molar refractivity (Wildman–Crippen MR) is 369 cm³/mol. The summed E-state index contributed by atoms with van der Waals surface area (Å²) in [7, 11) is 0. The van der Waals surface area contributed by atoms with Crippen molar-refractivity contribution in [1.82, 2.24) is 0 Å². The standard InChI is InChI=1S/C50H98O4.C28H46O4/c1-3-5-7-9-11-13-15-17-19-21-23-25-27-29-31-35-39-43-47-53-49(51)45-41-37-33-34-38-42-46-50(52)54-48-44-40-36-32-30-28-26-24-22-20-18-16-14-12-10-8-6-4-2;1-3-5-7-9-11-13-15-19-23-31-27(29)25-21-17-18-22-26(25)28(30)32-24-20-16-14-12-10-8-6-4-2/h3-48H2,1-2H3;17-18,21-22H,3-16,19-20,23-24H2,1-2H3. The molecule has 0 unspecified atom stereocenters. The van der Waals surface area contributed by atoms with Crippen molar-refractivity contribution in [3.05, 3.63) is 35.4 Å². The first kappa shape index (κ1) is 83.1. The van der Waals surface area contributed by atoms with Crippen molar-refractivity contribution in [3.8, 4) is 0 Å². The molecule has 0 saturated carbocycles. The Morgan fingerprint density at radius 3 is 0.581 bits per heavy atom. The summed E-state index contributed by atoms with van der Waals surface area (Å²) < 4.78 is 21.7. The molecule has 0 aromatic heterocycles. The maximum Gasteiger partial charge on any atom is 0.339 e. The van der Waals surface area contributed by atoms with Gasteiger partial charge in [-0.05, 0) is 50.7 Å². The molecule has 0 aliphatic heterocycles. The van der Waals surface area contributed by atoms with Gasteiger partial charge in [0.1, 0.15) is 0 Å².